The molecule has 0 saturated heterocycles. The van der Waals surface area contributed by atoms with Crippen LogP contribution in [0.2, 0.25) is 0 Å². The summed E-state index contributed by atoms with van der Waals surface area (Å²) in [6, 6.07) is 9.21. The Hall–Kier alpha value is -1.68. The quantitative estimate of drug-likeness (QED) is 0.841. The predicted molar refractivity (Wildman–Crippen MR) is 81.7 cm³/mol. The monoisotopic (exact) mass is 272 g/mol. The van der Waals surface area contributed by atoms with Gasteiger partial charge in [0.05, 0.1) is 5.69 Å². The van der Waals surface area contributed by atoms with Gasteiger partial charge in [-0.2, -0.15) is 0 Å². The minimum absolute atomic E-state index is 0.456. The summed E-state index contributed by atoms with van der Waals surface area (Å²) in [7, 11) is 1.91. The van der Waals surface area contributed by atoms with E-state index in [1.807, 2.05) is 13.2 Å². The van der Waals surface area contributed by atoms with Gasteiger partial charge in [0, 0.05) is 25.7 Å². The van der Waals surface area contributed by atoms with Crippen molar-refractivity contribution in [3.63, 3.8) is 0 Å². The van der Waals surface area contributed by atoms with E-state index in [0.29, 0.717) is 6.04 Å². The lowest BCUT2D eigenvalue weighted by atomic mass is 10.0. The third-order valence-electron chi connectivity index (χ3n) is 3.46. The summed E-state index contributed by atoms with van der Waals surface area (Å²) in [5, 5.41) is 11.7. The summed E-state index contributed by atoms with van der Waals surface area (Å²) in [5.74, 6) is 0. The fourth-order valence-electron chi connectivity index (χ4n) is 2.51. The molecule has 2 rings (SSSR count). The summed E-state index contributed by atoms with van der Waals surface area (Å²) >= 11 is 0. The van der Waals surface area contributed by atoms with E-state index in [-0.39, 0.29) is 0 Å². The zero-order chi connectivity index (χ0) is 14.4. The highest BCUT2D eigenvalue weighted by Crippen LogP contribution is 2.10. The van der Waals surface area contributed by atoms with Crippen molar-refractivity contribution in [2.45, 2.75) is 39.2 Å². The van der Waals surface area contributed by atoms with E-state index in [1.54, 1.807) is 4.68 Å². The van der Waals surface area contributed by atoms with Gasteiger partial charge in [-0.1, -0.05) is 42.0 Å². The van der Waals surface area contributed by atoms with Gasteiger partial charge >= 0.3 is 0 Å². The maximum atomic E-state index is 4.18. The smallest absolute Gasteiger partial charge is 0.0842 e. The molecule has 4 heteroatoms. The molecule has 0 aliphatic rings. The van der Waals surface area contributed by atoms with Crippen molar-refractivity contribution < 1.29 is 0 Å². The zero-order valence-electron chi connectivity index (χ0n) is 12.6. The SMILES string of the molecule is CCNC(CCc1cccc(C)c1)Cc1cn(C)nn1. The number of aryl methyl sites for hydroxylation is 3. The van der Waals surface area contributed by atoms with Crippen LogP contribution in [0.1, 0.15) is 30.2 Å². The fraction of sp³-hybridized carbons (Fsp3) is 0.500. The van der Waals surface area contributed by atoms with Crippen LogP contribution in [0, 0.1) is 6.92 Å². The third kappa shape index (κ3) is 4.46. The number of aromatic nitrogens is 3. The van der Waals surface area contributed by atoms with Crippen LogP contribution in [0.3, 0.4) is 0 Å². The standard InChI is InChI=1S/C16H24N4/c1-4-17-15(11-16-12-20(3)19-18-16)9-8-14-7-5-6-13(2)10-14/h5-7,10,12,15,17H,4,8-9,11H2,1-3H3. The molecular formula is C16H24N4. The number of benzene rings is 1. The molecule has 0 fully saturated rings. The Balaban J connectivity index is 1.91. The lowest BCUT2D eigenvalue weighted by Crippen LogP contribution is -2.31. The van der Waals surface area contributed by atoms with Gasteiger partial charge in [-0.15, -0.1) is 5.10 Å². The molecule has 0 aliphatic carbocycles. The molecule has 1 aromatic heterocycles. The van der Waals surface area contributed by atoms with E-state index in [9.17, 15) is 0 Å². The first-order valence-corrected chi connectivity index (χ1v) is 7.31. The Morgan fingerprint density at radius 1 is 1.35 bits per heavy atom. The van der Waals surface area contributed by atoms with Crippen LogP contribution in [0.15, 0.2) is 30.5 Å². The van der Waals surface area contributed by atoms with Gasteiger partial charge in [-0.25, -0.2) is 0 Å². The van der Waals surface area contributed by atoms with Crippen LogP contribution in [0.4, 0.5) is 0 Å². The molecule has 1 N–H and O–H groups in total. The minimum Gasteiger partial charge on any atom is -0.314 e. The first kappa shape index (κ1) is 14.7. The van der Waals surface area contributed by atoms with Crippen LogP contribution in [-0.2, 0) is 19.9 Å². The van der Waals surface area contributed by atoms with Crippen LogP contribution in [0.25, 0.3) is 0 Å². The van der Waals surface area contributed by atoms with Crippen LogP contribution >= 0.6 is 0 Å². The normalized spacial score (nSPS) is 12.6. The molecule has 1 atom stereocenters. The highest BCUT2D eigenvalue weighted by Gasteiger charge is 2.11. The lowest BCUT2D eigenvalue weighted by Gasteiger charge is -2.16. The molecule has 0 saturated carbocycles. The molecule has 4 nitrogen and oxygen atoms in total. The molecule has 108 valence electrons. The highest BCUT2D eigenvalue weighted by atomic mass is 15.4. The van der Waals surface area contributed by atoms with Crippen molar-refractivity contribution in [1.82, 2.24) is 20.3 Å². The Morgan fingerprint density at radius 2 is 2.20 bits per heavy atom. The van der Waals surface area contributed by atoms with Crippen LogP contribution < -0.4 is 5.32 Å². The molecule has 2 aromatic rings. The number of nitrogens with zero attached hydrogens (tertiary/aromatic N) is 3. The van der Waals surface area contributed by atoms with E-state index in [0.717, 1.165) is 31.5 Å². The minimum atomic E-state index is 0.456. The second-order valence-corrected chi connectivity index (χ2v) is 5.37. The van der Waals surface area contributed by atoms with Crippen molar-refractivity contribution in [1.29, 1.82) is 0 Å². The fourth-order valence-corrected chi connectivity index (χ4v) is 2.51. The second-order valence-electron chi connectivity index (χ2n) is 5.37. The molecule has 1 aromatic carbocycles. The van der Waals surface area contributed by atoms with Gasteiger partial charge in [0.1, 0.15) is 0 Å². The van der Waals surface area contributed by atoms with Gasteiger partial charge in [-0.3, -0.25) is 4.68 Å². The highest BCUT2D eigenvalue weighted by molar-refractivity contribution is 5.22. The Morgan fingerprint density at radius 3 is 2.85 bits per heavy atom. The van der Waals surface area contributed by atoms with Gasteiger partial charge in [-0.05, 0) is 31.9 Å². The number of hydrogen-bond donors (Lipinski definition) is 1. The summed E-state index contributed by atoms with van der Waals surface area (Å²) in [6.07, 6.45) is 5.15. The largest absolute Gasteiger partial charge is 0.314 e. The number of likely N-dealkylation sites (N-methyl/N-ethyl adjacent to an activating group) is 1. The predicted octanol–water partition coefficient (Wildman–Crippen LogP) is 2.28. The van der Waals surface area contributed by atoms with Crippen molar-refractivity contribution in [2.75, 3.05) is 6.54 Å². The van der Waals surface area contributed by atoms with E-state index >= 15 is 0 Å². The average molecular weight is 272 g/mol. The van der Waals surface area contributed by atoms with Gasteiger partial charge in [0.25, 0.3) is 0 Å². The molecule has 1 unspecified atom stereocenters. The molecular weight excluding hydrogens is 248 g/mol. The molecule has 0 radical (unpaired) electrons. The lowest BCUT2D eigenvalue weighted by molar-refractivity contribution is 0.486. The van der Waals surface area contributed by atoms with E-state index in [1.165, 1.54) is 11.1 Å². The zero-order valence-corrected chi connectivity index (χ0v) is 12.6. The topological polar surface area (TPSA) is 42.7 Å². The second kappa shape index (κ2) is 7.20. The Bertz CT molecular complexity index is 533. The molecule has 0 amide bonds. The van der Waals surface area contributed by atoms with E-state index in [2.05, 4.69) is 53.7 Å². The summed E-state index contributed by atoms with van der Waals surface area (Å²) in [4.78, 5) is 0. The number of nitrogens with one attached hydrogen (secondary N) is 1. The van der Waals surface area contributed by atoms with Crippen molar-refractivity contribution >= 4 is 0 Å². The first-order valence-electron chi connectivity index (χ1n) is 7.31. The number of rotatable bonds is 7. The van der Waals surface area contributed by atoms with E-state index in [4.69, 9.17) is 0 Å². The molecule has 0 aliphatic heterocycles. The maximum Gasteiger partial charge on any atom is 0.0842 e. The Kier molecular flexibility index (Phi) is 5.30. The number of hydrogen-bond acceptors (Lipinski definition) is 3. The van der Waals surface area contributed by atoms with Gasteiger partial charge in [0.2, 0.25) is 0 Å². The van der Waals surface area contributed by atoms with Crippen LogP contribution in [-0.4, -0.2) is 27.6 Å². The molecule has 0 bridgehead atoms. The van der Waals surface area contributed by atoms with Crippen molar-refractivity contribution in [3.05, 3.63) is 47.3 Å². The van der Waals surface area contributed by atoms with E-state index < -0.39 is 0 Å². The summed E-state index contributed by atoms with van der Waals surface area (Å²) < 4.78 is 1.76. The molecule has 1 heterocycles. The Labute approximate surface area is 121 Å². The summed E-state index contributed by atoms with van der Waals surface area (Å²) in [6.45, 7) is 5.28. The van der Waals surface area contributed by atoms with Crippen LogP contribution in [0.5, 0.6) is 0 Å². The third-order valence-corrected chi connectivity index (χ3v) is 3.46. The first-order chi connectivity index (χ1) is 9.67. The maximum absolute atomic E-state index is 4.18. The van der Waals surface area contributed by atoms with Crippen molar-refractivity contribution in [3.8, 4) is 0 Å². The van der Waals surface area contributed by atoms with Gasteiger partial charge in [0.15, 0.2) is 0 Å². The van der Waals surface area contributed by atoms with Crippen molar-refractivity contribution in [2.24, 2.45) is 7.05 Å². The molecule has 0 spiro atoms. The summed E-state index contributed by atoms with van der Waals surface area (Å²) in [5.41, 5.74) is 3.80. The molecule has 20 heavy (non-hydrogen) atoms. The average Bonchev–Trinajstić information content (AvgIpc) is 2.82. The van der Waals surface area contributed by atoms with Gasteiger partial charge < -0.3 is 5.32 Å².